The normalized spacial score (nSPS) is 11.9. The van der Waals surface area contributed by atoms with Crippen LogP contribution in [-0.2, 0) is 4.57 Å². The van der Waals surface area contributed by atoms with Crippen LogP contribution in [0.25, 0.3) is 32.5 Å². The van der Waals surface area contributed by atoms with Crippen molar-refractivity contribution in [2.75, 3.05) is 7.11 Å². The van der Waals surface area contributed by atoms with Gasteiger partial charge in [0.15, 0.2) is 7.14 Å². The van der Waals surface area contributed by atoms with Gasteiger partial charge in [0.25, 0.3) is 0 Å². The van der Waals surface area contributed by atoms with Crippen LogP contribution in [0.15, 0.2) is 168 Å². The van der Waals surface area contributed by atoms with Crippen LogP contribution in [-0.4, -0.2) is 7.11 Å². The molecule has 0 saturated carbocycles. The lowest BCUT2D eigenvalue weighted by Gasteiger charge is -2.24. The number of hydrogen-bond acceptors (Lipinski definition) is 3. The molecule has 8 rings (SSSR count). The zero-order chi connectivity index (χ0) is 31.1. The molecule has 0 aliphatic carbocycles. The Hall–Kier alpha value is -5.37. The number of furan rings is 1. The minimum absolute atomic E-state index is 0.301. The third-order valence-electron chi connectivity index (χ3n) is 8.93. The highest BCUT2D eigenvalue weighted by molar-refractivity contribution is 7.85. The van der Waals surface area contributed by atoms with E-state index in [1.54, 1.807) is 7.11 Å². The first kappa shape index (κ1) is 28.1. The van der Waals surface area contributed by atoms with Gasteiger partial charge in [-0.05, 0) is 56.9 Å². The van der Waals surface area contributed by atoms with Crippen LogP contribution in [0.5, 0.6) is 5.75 Å². The van der Waals surface area contributed by atoms with Gasteiger partial charge in [0.05, 0.1) is 18.3 Å². The highest BCUT2D eigenvalue weighted by Gasteiger charge is 2.39. The van der Waals surface area contributed by atoms with Crippen LogP contribution in [0.1, 0.15) is 22.8 Å². The van der Waals surface area contributed by atoms with Crippen LogP contribution in [0.3, 0.4) is 0 Å². The molecule has 46 heavy (non-hydrogen) atoms. The van der Waals surface area contributed by atoms with Gasteiger partial charge in [-0.1, -0.05) is 133 Å². The molecule has 8 aromatic rings. The van der Waals surface area contributed by atoms with Crippen molar-refractivity contribution in [3.05, 3.63) is 181 Å². The van der Waals surface area contributed by atoms with Crippen LogP contribution < -0.4 is 20.7 Å². The van der Waals surface area contributed by atoms with Crippen molar-refractivity contribution in [1.82, 2.24) is 0 Å². The zero-order valence-corrected chi connectivity index (χ0v) is 26.2. The van der Waals surface area contributed by atoms with Crippen LogP contribution in [0.2, 0.25) is 0 Å². The van der Waals surface area contributed by atoms with Crippen molar-refractivity contribution < 1.29 is 13.7 Å². The van der Waals surface area contributed by atoms with Crippen molar-refractivity contribution in [2.45, 2.75) is 5.92 Å². The molecule has 3 nitrogen and oxygen atoms in total. The molecule has 0 atom stereocenters. The first-order valence-electron chi connectivity index (χ1n) is 15.4. The molecular weight excluding hydrogens is 583 g/mol. The Labute approximate surface area is 268 Å². The molecule has 0 fully saturated rings. The molecule has 0 amide bonds. The standard InChI is InChI=1S/C42H31O3P/c1-44-35-22-25-38-39(28-35)45-41(40(31-14-4-2-5-15-31)32-16-6-3-7-17-32)42(38)46(43,36-23-20-29-12-8-10-18-33(29)26-36)37-24-21-30-13-9-11-19-34(30)27-37/h2-28,40H,1H3. The smallest absolute Gasteiger partial charge is 0.175 e. The fraction of sp³-hybridized carbons (Fsp3) is 0.0476. The van der Waals surface area contributed by atoms with Crippen LogP contribution in [0.4, 0.5) is 0 Å². The molecule has 1 heterocycles. The SMILES string of the molecule is COc1ccc2c(P(=O)(c3ccc4ccccc4c3)c3ccc4ccccc4c3)c(C(c3ccccc3)c3ccccc3)oc2c1. The van der Waals surface area contributed by atoms with E-state index in [9.17, 15) is 0 Å². The molecule has 0 aliphatic heterocycles. The Morgan fingerprint density at radius 3 is 1.57 bits per heavy atom. The average molecular weight is 615 g/mol. The summed E-state index contributed by atoms with van der Waals surface area (Å²) in [7, 11) is -1.92. The molecule has 7 aromatic carbocycles. The van der Waals surface area contributed by atoms with Gasteiger partial charge in [-0.3, -0.25) is 0 Å². The fourth-order valence-corrected chi connectivity index (χ4v) is 9.70. The van der Waals surface area contributed by atoms with Gasteiger partial charge in [0, 0.05) is 22.1 Å². The number of hydrogen-bond donors (Lipinski definition) is 0. The predicted molar refractivity (Wildman–Crippen MR) is 191 cm³/mol. The third-order valence-corrected chi connectivity index (χ3v) is 12.0. The van der Waals surface area contributed by atoms with Gasteiger partial charge in [-0.25, -0.2) is 0 Å². The van der Waals surface area contributed by atoms with Gasteiger partial charge in [-0.2, -0.15) is 0 Å². The molecule has 0 radical (unpaired) electrons. The van der Waals surface area contributed by atoms with E-state index in [4.69, 9.17) is 9.15 Å². The lowest BCUT2D eigenvalue weighted by atomic mass is 9.89. The summed E-state index contributed by atoms with van der Waals surface area (Å²) in [6.45, 7) is 0. The Morgan fingerprint density at radius 2 is 1.04 bits per heavy atom. The monoisotopic (exact) mass is 614 g/mol. The minimum Gasteiger partial charge on any atom is -0.497 e. The largest absolute Gasteiger partial charge is 0.497 e. The van der Waals surface area contributed by atoms with Gasteiger partial charge in [0.1, 0.15) is 17.1 Å². The lowest BCUT2D eigenvalue weighted by molar-refractivity contribution is 0.414. The number of ether oxygens (including phenoxy) is 1. The first-order chi connectivity index (χ1) is 22.6. The summed E-state index contributed by atoms with van der Waals surface area (Å²) >= 11 is 0. The molecule has 0 bridgehead atoms. The number of benzene rings is 7. The quantitative estimate of drug-likeness (QED) is 0.168. The van der Waals surface area contributed by atoms with E-state index in [0.29, 0.717) is 22.4 Å². The highest BCUT2D eigenvalue weighted by atomic mass is 31.2. The maximum absolute atomic E-state index is 16.6. The van der Waals surface area contributed by atoms with Crippen LogP contribution >= 0.6 is 7.14 Å². The Bertz CT molecular complexity index is 2270. The molecule has 4 heteroatoms. The number of methoxy groups -OCH3 is 1. The van der Waals surface area contributed by atoms with E-state index in [2.05, 4.69) is 72.8 Å². The van der Waals surface area contributed by atoms with E-state index in [1.165, 1.54) is 0 Å². The maximum atomic E-state index is 16.6. The van der Waals surface area contributed by atoms with Crippen molar-refractivity contribution in [3.63, 3.8) is 0 Å². The van der Waals surface area contributed by atoms with Gasteiger partial charge in [-0.15, -0.1) is 0 Å². The van der Waals surface area contributed by atoms with Crippen molar-refractivity contribution in [2.24, 2.45) is 0 Å². The summed E-state index contributed by atoms with van der Waals surface area (Å²) in [5, 5.41) is 7.35. The van der Waals surface area contributed by atoms with Crippen molar-refractivity contribution in [1.29, 1.82) is 0 Å². The summed E-state index contributed by atoms with van der Waals surface area (Å²) in [6.07, 6.45) is 0. The summed E-state index contributed by atoms with van der Waals surface area (Å²) < 4.78 is 29.2. The first-order valence-corrected chi connectivity index (χ1v) is 17.1. The Balaban J connectivity index is 1.51. The number of fused-ring (bicyclic) bond motifs is 3. The second kappa shape index (κ2) is 11.5. The minimum atomic E-state index is -3.57. The predicted octanol–water partition coefficient (Wildman–Crippen LogP) is 9.57. The van der Waals surface area contributed by atoms with E-state index < -0.39 is 7.14 Å². The third kappa shape index (κ3) is 4.72. The number of rotatable bonds is 7. The van der Waals surface area contributed by atoms with Crippen molar-refractivity contribution in [3.8, 4) is 5.75 Å². The Morgan fingerprint density at radius 1 is 0.543 bits per heavy atom. The fourth-order valence-electron chi connectivity index (χ4n) is 6.67. The second-order valence-electron chi connectivity index (χ2n) is 11.6. The second-order valence-corrected chi connectivity index (χ2v) is 14.3. The molecule has 0 saturated heterocycles. The molecule has 0 N–H and O–H groups in total. The van der Waals surface area contributed by atoms with E-state index >= 15 is 4.57 Å². The molecule has 0 unspecified atom stereocenters. The van der Waals surface area contributed by atoms with E-state index in [0.717, 1.165) is 48.7 Å². The van der Waals surface area contributed by atoms with E-state index in [1.807, 2.05) is 91.0 Å². The average Bonchev–Trinajstić information content (AvgIpc) is 3.50. The summed E-state index contributed by atoms with van der Waals surface area (Å²) in [6, 6.07) is 55.4. The molecule has 0 aliphatic rings. The van der Waals surface area contributed by atoms with E-state index in [-0.39, 0.29) is 5.92 Å². The molecular formula is C42H31O3P. The van der Waals surface area contributed by atoms with Crippen molar-refractivity contribution >= 4 is 55.6 Å². The molecule has 222 valence electrons. The molecule has 0 spiro atoms. The van der Waals surface area contributed by atoms with Gasteiger partial charge < -0.3 is 13.7 Å². The maximum Gasteiger partial charge on any atom is 0.175 e. The van der Waals surface area contributed by atoms with Gasteiger partial charge in [0.2, 0.25) is 0 Å². The topological polar surface area (TPSA) is 39.4 Å². The Kier molecular flexibility index (Phi) is 7.05. The summed E-state index contributed by atoms with van der Waals surface area (Å²) in [5.41, 5.74) is 2.76. The zero-order valence-electron chi connectivity index (χ0n) is 25.3. The lowest BCUT2D eigenvalue weighted by Crippen LogP contribution is -2.28. The summed E-state index contributed by atoms with van der Waals surface area (Å²) in [4.78, 5) is 0. The highest BCUT2D eigenvalue weighted by Crippen LogP contribution is 2.50. The van der Waals surface area contributed by atoms with Gasteiger partial charge >= 0.3 is 0 Å². The summed E-state index contributed by atoms with van der Waals surface area (Å²) in [5.74, 6) is 1.05. The van der Waals surface area contributed by atoms with Crippen LogP contribution in [0, 0.1) is 0 Å². The molecule has 1 aromatic heterocycles.